The Morgan fingerprint density at radius 3 is 2.62 bits per heavy atom. The lowest BCUT2D eigenvalue weighted by Gasteiger charge is -2.33. The SMILES string of the molecule is CN(C)S(=O)(=O)[C@H]1CCOC[C@H]1Cc1ccc(Cl)c(Cl)c1. The second-order valence-electron chi connectivity index (χ2n) is 5.44. The van der Waals surface area contributed by atoms with Gasteiger partial charge in [-0.3, -0.25) is 0 Å². The number of benzene rings is 1. The minimum absolute atomic E-state index is 0.0802. The second-order valence-corrected chi connectivity index (χ2v) is 8.62. The molecule has 21 heavy (non-hydrogen) atoms. The minimum Gasteiger partial charge on any atom is -0.381 e. The van der Waals surface area contributed by atoms with Gasteiger partial charge in [0.15, 0.2) is 0 Å². The number of sulfonamides is 1. The van der Waals surface area contributed by atoms with Crippen LogP contribution in [0.3, 0.4) is 0 Å². The highest BCUT2D eigenvalue weighted by molar-refractivity contribution is 7.89. The fourth-order valence-electron chi connectivity index (χ4n) is 2.60. The summed E-state index contributed by atoms with van der Waals surface area (Å²) >= 11 is 11.9. The van der Waals surface area contributed by atoms with Crippen molar-refractivity contribution in [1.82, 2.24) is 4.31 Å². The number of nitrogens with zero attached hydrogens (tertiary/aromatic N) is 1. The summed E-state index contributed by atoms with van der Waals surface area (Å²) in [7, 11) is -0.152. The van der Waals surface area contributed by atoms with Gasteiger partial charge in [-0.1, -0.05) is 29.3 Å². The summed E-state index contributed by atoms with van der Waals surface area (Å²) < 4.78 is 31.6. The predicted octanol–water partition coefficient (Wildman–Crippen LogP) is 2.83. The first-order valence-corrected chi connectivity index (χ1v) is 9.01. The zero-order valence-electron chi connectivity index (χ0n) is 12.1. The Balaban J connectivity index is 2.21. The fourth-order valence-corrected chi connectivity index (χ4v) is 4.52. The molecule has 4 nitrogen and oxygen atoms in total. The zero-order chi connectivity index (χ0) is 15.6. The average molecular weight is 352 g/mol. The van der Waals surface area contributed by atoms with E-state index in [4.69, 9.17) is 27.9 Å². The van der Waals surface area contributed by atoms with E-state index in [1.807, 2.05) is 6.07 Å². The van der Waals surface area contributed by atoms with E-state index in [-0.39, 0.29) is 5.92 Å². The molecule has 1 fully saturated rings. The molecular formula is C14H19Cl2NO3S. The van der Waals surface area contributed by atoms with Crippen LogP contribution in [0, 0.1) is 5.92 Å². The van der Waals surface area contributed by atoms with Crippen LogP contribution in [-0.2, 0) is 21.2 Å². The van der Waals surface area contributed by atoms with Gasteiger partial charge >= 0.3 is 0 Å². The molecule has 0 saturated carbocycles. The summed E-state index contributed by atoms with van der Waals surface area (Å²) in [4.78, 5) is 0. The minimum atomic E-state index is -3.29. The van der Waals surface area contributed by atoms with E-state index in [0.717, 1.165) is 5.56 Å². The van der Waals surface area contributed by atoms with Crippen LogP contribution in [0.2, 0.25) is 10.0 Å². The van der Waals surface area contributed by atoms with Gasteiger partial charge in [-0.15, -0.1) is 0 Å². The van der Waals surface area contributed by atoms with E-state index in [0.29, 0.717) is 36.1 Å². The molecule has 0 unspecified atom stereocenters. The van der Waals surface area contributed by atoms with Crippen LogP contribution in [0.5, 0.6) is 0 Å². The monoisotopic (exact) mass is 351 g/mol. The number of hydrogen-bond donors (Lipinski definition) is 0. The summed E-state index contributed by atoms with van der Waals surface area (Å²) in [6.45, 7) is 0.924. The van der Waals surface area contributed by atoms with Crippen LogP contribution in [0.1, 0.15) is 12.0 Å². The molecular weight excluding hydrogens is 333 g/mol. The second kappa shape index (κ2) is 6.84. The first-order valence-electron chi connectivity index (χ1n) is 6.75. The number of halogens is 2. The average Bonchev–Trinajstić information content (AvgIpc) is 2.43. The Bertz CT molecular complexity index is 604. The van der Waals surface area contributed by atoms with Crippen molar-refractivity contribution in [2.75, 3.05) is 27.3 Å². The Morgan fingerprint density at radius 2 is 2.00 bits per heavy atom. The fraction of sp³-hybridized carbons (Fsp3) is 0.571. The maximum atomic E-state index is 12.4. The van der Waals surface area contributed by atoms with Gasteiger partial charge in [0.25, 0.3) is 0 Å². The lowest BCUT2D eigenvalue weighted by atomic mass is 9.93. The molecule has 118 valence electrons. The molecule has 0 aromatic heterocycles. The highest BCUT2D eigenvalue weighted by Gasteiger charge is 2.37. The summed E-state index contributed by atoms with van der Waals surface area (Å²) in [5, 5.41) is 0.561. The van der Waals surface area contributed by atoms with Crippen molar-refractivity contribution in [3.63, 3.8) is 0 Å². The van der Waals surface area contributed by atoms with Crippen LogP contribution < -0.4 is 0 Å². The van der Waals surface area contributed by atoms with Gasteiger partial charge in [-0.2, -0.15) is 0 Å². The highest BCUT2D eigenvalue weighted by Crippen LogP contribution is 2.29. The van der Waals surface area contributed by atoms with E-state index in [2.05, 4.69) is 0 Å². The molecule has 0 aliphatic carbocycles. The molecule has 0 amide bonds. The van der Waals surface area contributed by atoms with E-state index in [1.165, 1.54) is 4.31 Å². The van der Waals surface area contributed by atoms with Gasteiger partial charge in [-0.05, 0) is 30.5 Å². The van der Waals surface area contributed by atoms with Crippen molar-refractivity contribution >= 4 is 33.2 Å². The first kappa shape index (κ1) is 17.0. The van der Waals surface area contributed by atoms with Gasteiger partial charge in [0.05, 0.1) is 21.9 Å². The zero-order valence-corrected chi connectivity index (χ0v) is 14.4. The molecule has 1 aliphatic heterocycles. The Morgan fingerprint density at radius 1 is 1.29 bits per heavy atom. The smallest absolute Gasteiger partial charge is 0.216 e. The van der Waals surface area contributed by atoms with Crippen LogP contribution >= 0.6 is 23.2 Å². The van der Waals surface area contributed by atoms with Crippen molar-refractivity contribution in [3.05, 3.63) is 33.8 Å². The standard InChI is InChI=1S/C14H19Cl2NO3S/c1-17(2)21(18,19)14-5-6-20-9-11(14)7-10-3-4-12(15)13(16)8-10/h3-4,8,11,14H,5-7,9H2,1-2H3/t11-,14+/m1/s1. The van der Waals surface area contributed by atoms with Crippen LogP contribution in [0.25, 0.3) is 0 Å². The van der Waals surface area contributed by atoms with E-state index < -0.39 is 15.3 Å². The Labute approximate surface area is 136 Å². The molecule has 0 bridgehead atoms. The summed E-state index contributed by atoms with van der Waals surface area (Å²) in [6, 6.07) is 5.40. The van der Waals surface area contributed by atoms with Gasteiger partial charge in [0.1, 0.15) is 0 Å². The van der Waals surface area contributed by atoms with Crippen LogP contribution in [0.15, 0.2) is 18.2 Å². The third-order valence-electron chi connectivity index (χ3n) is 3.78. The van der Waals surface area contributed by atoms with E-state index >= 15 is 0 Å². The van der Waals surface area contributed by atoms with E-state index in [9.17, 15) is 8.42 Å². The maximum absolute atomic E-state index is 12.4. The lowest BCUT2D eigenvalue weighted by molar-refractivity contribution is 0.0563. The number of hydrogen-bond acceptors (Lipinski definition) is 3. The van der Waals surface area contributed by atoms with Crippen molar-refractivity contribution in [2.24, 2.45) is 5.92 Å². The molecule has 2 atom stereocenters. The first-order chi connectivity index (χ1) is 9.82. The van der Waals surface area contributed by atoms with Crippen molar-refractivity contribution in [1.29, 1.82) is 0 Å². The molecule has 2 rings (SSSR count). The van der Waals surface area contributed by atoms with Gasteiger partial charge < -0.3 is 4.74 Å². The van der Waals surface area contributed by atoms with Gasteiger partial charge in [-0.25, -0.2) is 12.7 Å². The lowest BCUT2D eigenvalue weighted by Crippen LogP contribution is -2.44. The van der Waals surface area contributed by atoms with Gasteiger partial charge in [0, 0.05) is 26.6 Å². The quantitative estimate of drug-likeness (QED) is 0.837. The molecule has 1 aromatic rings. The summed E-state index contributed by atoms with van der Waals surface area (Å²) in [5.41, 5.74) is 0.971. The molecule has 0 N–H and O–H groups in total. The van der Waals surface area contributed by atoms with E-state index in [1.54, 1.807) is 26.2 Å². The number of rotatable bonds is 4. The molecule has 1 heterocycles. The van der Waals surface area contributed by atoms with Crippen molar-refractivity contribution in [2.45, 2.75) is 18.1 Å². The normalized spacial score (nSPS) is 23.5. The largest absolute Gasteiger partial charge is 0.381 e. The highest BCUT2D eigenvalue weighted by atomic mass is 35.5. The van der Waals surface area contributed by atoms with Crippen molar-refractivity contribution in [3.8, 4) is 0 Å². The Hall–Kier alpha value is -0.330. The molecule has 0 radical (unpaired) electrons. The molecule has 0 spiro atoms. The van der Waals surface area contributed by atoms with Crippen LogP contribution in [0.4, 0.5) is 0 Å². The summed E-state index contributed by atoms with van der Waals surface area (Å²) in [5.74, 6) is -0.0802. The maximum Gasteiger partial charge on any atom is 0.216 e. The van der Waals surface area contributed by atoms with Crippen LogP contribution in [-0.4, -0.2) is 45.3 Å². The molecule has 1 aromatic carbocycles. The Kier molecular flexibility index (Phi) is 5.54. The molecule has 7 heteroatoms. The predicted molar refractivity (Wildman–Crippen MR) is 85.5 cm³/mol. The topological polar surface area (TPSA) is 46.6 Å². The number of ether oxygens (including phenoxy) is 1. The van der Waals surface area contributed by atoms with Gasteiger partial charge in [0.2, 0.25) is 10.0 Å². The molecule has 1 aliphatic rings. The third-order valence-corrected chi connectivity index (χ3v) is 6.92. The third kappa shape index (κ3) is 3.90. The summed E-state index contributed by atoms with van der Waals surface area (Å²) in [6.07, 6.45) is 1.13. The van der Waals surface area contributed by atoms with Crippen molar-refractivity contribution < 1.29 is 13.2 Å². The molecule has 1 saturated heterocycles.